The van der Waals surface area contributed by atoms with Crippen LogP contribution in [-0.2, 0) is 6.42 Å². The van der Waals surface area contributed by atoms with Crippen LogP contribution < -0.4 is 5.73 Å². The standard InChI is InChI=1S/C10H16N2/c1-10(2,11)6-3-9-4-7-12-8-5-9/h4-5,7-8H,3,6,11H2,1-2H3. The highest BCUT2D eigenvalue weighted by atomic mass is 14.7. The van der Waals surface area contributed by atoms with Crippen LogP contribution in [0.3, 0.4) is 0 Å². The van der Waals surface area contributed by atoms with Gasteiger partial charge in [0.05, 0.1) is 0 Å². The predicted molar refractivity (Wildman–Crippen MR) is 50.8 cm³/mol. The van der Waals surface area contributed by atoms with Gasteiger partial charge >= 0.3 is 0 Å². The summed E-state index contributed by atoms with van der Waals surface area (Å²) in [6.07, 6.45) is 5.68. The van der Waals surface area contributed by atoms with E-state index in [4.69, 9.17) is 5.73 Å². The van der Waals surface area contributed by atoms with Crippen LogP contribution in [0.4, 0.5) is 0 Å². The number of pyridine rings is 1. The molecule has 0 saturated carbocycles. The minimum absolute atomic E-state index is 0.0662. The molecule has 0 bridgehead atoms. The molecule has 2 nitrogen and oxygen atoms in total. The van der Waals surface area contributed by atoms with Crippen molar-refractivity contribution < 1.29 is 0 Å². The molecule has 66 valence electrons. The molecule has 0 spiro atoms. The number of aromatic nitrogens is 1. The highest BCUT2D eigenvalue weighted by Crippen LogP contribution is 2.09. The molecule has 1 aromatic rings. The maximum absolute atomic E-state index is 5.87. The summed E-state index contributed by atoms with van der Waals surface area (Å²) >= 11 is 0. The Hall–Kier alpha value is -0.890. The van der Waals surface area contributed by atoms with E-state index >= 15 is 0 Å². The van der Waals surface area contributed by atoms with E-state index in [-0.39, 0.29) is 5.54 Å². The summed E-state index contributed by atoms with van der Waals surface area (Å²) in [4.78, 5) is 3.96. The van der Waals surface area contributed by atoms with Crippen LogP contribution in [0.2, 0.25) is 0 Å². The molecule has 0 aliphatic heterocycles. The van der Waals surface area contributed by atoms with Crippen molar-refractivity contribution in [2.45, 2.75) is 32.2 Å². The average Bonchev–Trinajstić information content (AvgIpc) is 2.02. The second kappa shape index (κ2) is 3.68. The normalized spacial score (nSPS) is 11.6. The highest BCUT2D eigenvalue weighted by molar-refractivity contribution is 5.10. The maximum Gasteiger partial charge on any atom is 0.0270 e. The van der Waals surface area contributed by atoms with Gasteiger partial charge in [0.1, 0.15) is 0 Å². The molecule has 0 unspecified atom stereocenters. The minimum Gasteiger partial charge on any atom is -0.326 e. The van der Waals surface area contributed by atoms with Gasteiger partial charge < -0.3 is 5.73 Å². The van der Waals surface area contributed by atoms with E-state index < -0.39 is 0 Å². The summed E-state index contributed by atoms with van der Waals surface area (Å²) in [6, 6.07) is 4.07. The van der Waals surface area contributed by atoms with Crippen molar-refractivity contribution in [3.8, 4) is 0 Å². The van der Waals surface area contributed by atoms with Crippen LogP contribution in [0, 0.1) is 0 Å². The Morgan fingerprint density at radius 2 is 1.92 bits per heavy atom. The number of aryl methyl sites for hydroxylation is 1. The average molecular weight is 164 g/mol. The molecule has 0 fully saturated rings. The Kier molecular flexibility index (Phi) is 2.82. The van der Waals surface area contributed by atoms with Crippen molar-refractivity contribution in [3.63, 3.8) is 0 Å². The lowest BCUT2D eigenvalue weighted by atomic mass is 9.97. The van der Waals surface area contributed by atoms with Crippen molar-refractivity contribution in [2.24, 2.45) is 5.73 Å². The molecule has 1 heterocycles. The van der Waals surface area contributed by atoms with Crippen LogP contribution in [-0.4, -0.2) is 10.5 Å². The van der Waals surface area contributed by atoms with Gasteiger partial charge in [-0.3, -0.25) is 4.98 Å². The number of hydrogen-bond donors (Lipinski definition) is 1. The van der Waals surface area contributed by atoms with Gasteiger partial charge in [0.15, 0.2) is 0 Å². The van der Waals surface area contributed by atoms with Crippen molar-refractivity contribution in [3.05, 3.63) is 30.1 Å². The van der Waals surface area contributed by atoms with Gasteiger partial charge in [0.2, 0.25) is 0 Å². The number of nitrogens with zero attached hydrogens (tertiary/aromatic N) is 1. The molecule has 12 heavy (non-hydrogen) atoms. The van der Waals surface area contributed by atoms with Crippen molar-refractivity contribution in [1.29, 1.82) is 0 Å². The molecule has 1 aromatic heterocycles. The first-order valence-corrected chi connectivity index (χ1v) is 4.26. The maximum atomic E-state index is 5.87. The smallest absolute Gasteiger partial charge is 0.0270 e. The Morgan fingerprint density at radius 1 is 1.33 bits per heavy atom. The molecule has 0 amide bonds. The van der Waals surface area contributed by atoms with E-state index in [1.807, 2.05) is 38.4 Å². The number of rotatable bonds is 3. The largest absolute Gasteiger partial charge is 0.326 e. The van der Waals surface area contributed by atoms with E-state index in [2.05, 4.69) is 4.98 Å². The Balaban J connectivity index is 2.44. The van der Waals surface area contributed by atoms with E-state index in [1.165, 1.54) is 5.56 Å². The fraction of sp³-hybridized carbons (Fsp3) is 0.500. The number of nitrogens with two attached hydrogens (primary N) is 1. The lowest BCUT2D eigenvalue weighted by Gasteiger charge is -2.17. The number of hydrogen-bond acceptors (Lipinski definition) is 2. The Morgan fingerprint density at radius 3 is 2.42 bits per heavy atom. The van der Waals surface area contributed by atoms with Gasteiger partial charge in [-0.15, -0.1) is 0 Å². The minimum atomic E-state index is -0.0662. The van der Waals surface area contributed by atoms with Crippen molar-refractivity contribution in [2.75, 3.05) is 0 Å². The third kappa shape index (κ3) is 3.49. The molecule has 0 atom stereocenters. The zero-order valence-corrected chi connectivity index (χ0v) is 7.75. The fourth-order valence-corrected chi connectivity index (χ4v) is 1.02. The summed E-state index contributed by atoms with van der Waals surface area (Å²) < 4.78 is 0. The quantitative estimate of drug-likeness (QED) is 0.739. The second-order valence-corrected chi connectivity index (χ2v) is 3.84. The van der Waals surface area contributed by atoms with Gasteiger partial charge in [-0.2, -0.15) is 0 Å². The molecule has 0 saturated heterocycles. The molecule has 0 aliphatic rings. The summed E-state index contributed by atoms with van der Waals surface area (Å²) in [5, 5.41) is 0. The van der Waals surface area contributed by atoms with Gasteiger partial charge in [-0.25, -0.2) is 0 Å². The summed E-state index contributed by atoms with van der Waals surface area (Å²) in [5.41, 5.74) is 7.11. The predicted octanol–water partition coefficient (Wildman–Crippen LogP) is 1.75. The Bertz CT molecular complexity index is 223. The monoisotopic (exact) mass is 164 g/mol. The third-order valence-electron chi connectivity index (χ3n) is 1.81. The Labute approximate surface area is 73.8 Å². The molecular formula is C10H16N2. The van der Waals surface area contributed by atoms with Crippen molar-refractivity contribution in [1.82, 2.24) is 4.98 Å². The van der Waals surface area contributed by atoms with Gasteiger partial charge in [-0.05, 0) is 44.4 Å². The summed E-state index contributed by atoms with van der Waals surface area (Å²) in [6.45, 7) is 4.10. The van der Waals surface area contributed by atoms with Crippen LogP contribution in [0.15, 0.2) is 24.5 Å². The lowest BCUT2D eigenvalue weighted by Crippen LogP contribution is -2.32. The molecule has 2 N–H and O–H groups in total. The van der Waals surface area contributed by atoms with Gasteiger partial charge in [0.25, 0.3) is 0 Å². The zero-order chi connectivity index (χ0) is 9.03. The first-order valence-electron chi connectivity index (χ1n) is 4.26. The lowest BCUT2D eigenvalue weighted by molar-refractivity contribution is 0.477. The first kappa shape index (κ1) is 9.20. The molecule has 1 rings (SSSR count). The van der Waals surface area contributed by atoms with Crippen LogP contribution in [0.5, 0.6) is 0 Å². The molecular weight excluding hydrogens is 148 g/mol. The highest BCUT2D eigenvalue weighted by Gasteiger charge is 2.09. The molecule has 0 aromatic carbocycles. The third-order valence-corrected chi connectivity index (χ3v) is 1.81. The first-order chi connectivity index (χ1) is 5.58. The van der Waals surface area contributed by atoms with E-state index in [0.29, 0.717) is 0 Å². The molecule has 0 radical (unpaired) electrons. The van der Waals surface area contributed by atoms with E-state index in [1.54, 1.807) is 0 Å². The zero-order valence-electron chi connectivity index (χ0n) is 7.75. The van der Waals surface area contributed by atoms with Crippen LogP contribution >= 0.6 is 0 Å². The summed E-state index contributed by atoms with van der Waals surface area (Å²) in [5.74, 6) is 0. The SMILES string of the molecule is CC(C)(N)CCc1ccncc1. The summed E-state index contributed by atoms with van der Waals surface area (Å²) in [7, 11) is 0. The van der Waals surface area contributed by atoms with Crippen LogP contribution in [0.25, 0.3) is 0 Å². The van der Waals surface area contributed by atoms with Crippen LogP contribution in [0.1, 0.15) is 25.8 Å². The van der Waals surface area contributed by atoms with Gasteiger partial charge in [0, 0.05) is 17.9 Å². The topological polar surface area (TPSA) is 38.9 Å². The second-order valence-electron chi connectivity index (χ2n) is 3.84. The van der Waals surface area contributed by atoms with Crippen molar-refractivity contribution >= 4 is 0 Å². The fourth-order valence-electron chi connectivity index (χ4n) is 1.02. The molecule has 2 heteroatoms. The van der Waals surface area contributed by atoms with E-state index in [0.717, 1.165) is 12.8 Å². The van der Waals surface area contributed by atoms with Gasteiger partial charge in [-0.1, -0.05) is 0 Å². The molecule has 0 aliphatic carbocycles. The van der Waals surface area contributed by atoms with E-state index in [9.17, 15) is 0 Å².